The quantitative estimate of drug-likeness (QED) is 0.711. The normalized spacial score (nSPS) is 12.3. The Kier molecular flexibility index (Phi) is 4.61. The maximum absolute atomic E-state index is 13.2. The third-order valence-electron chi connectivity index (χ3n) is 4.06. The second-order valence-electron chi connectivity index (χ2n) is 6.03. The van der Waals surface area contributed by atoms with Crippen molar-refractivity contribution in [3.63, 3.8) is 0 Å². The molecule has 0 aromatic heterocycles. The molecule has 5 nitrogen and oxygen atoms in total. The highest BCUT2D eigenvalue weighted by molar-refractivity contribution is 6.04. The lowest BCUT2D eigenvalue weighted by Crippen LogP contribution is -2.15. The number of carbonyl (C=O) groups excluding carboxylic acids is 1. The van der Waals surface area contributed by atoms with Crippen LogP contribution in [0.15, 0.2) is 66.7 Å². The van der Waals surface area contributed by atoms with Crippen LogP contribution in [0.5, 0.6) is 11.5 Å². The highest BCUT2D eigenvalue weighted by atomic mass is 19.1. The summed E-state index contributed by atoms with van der Waals surface area (Å²) >= 11 is 0. The molecule has 0 unspecified atom stereocenters. The highest BCUT2D eigenvalue weighted by Gasteiger charge is 2.12. The summed E-state index contributed by atoms with van der Waals surface area (Å²) in [5.74, 6) is 0.649. The van der Waals surface area contributed by atoms with Gasteiger partial charge in [0.25, 0.3) is 5.91 Å². The van der Waals surface area contributed by atoms with Gasteiger partial charge in [-0.15, -0.1) is 0 Å². The molecule has 3 aromatic carbocycles. The Bertz CT molecular complexity index is 973. The molecule has 2 N–H and O–H groups in total. The average molecular weight is 364 g/mol. The van der Waals surface area contributed by atoms with Gasteiger partial charge in [0.1, 0.15) is 19.0 Å². The molecule has 6 heteroatoms. The summed E-state index contributed by atoms with van der Waals surface area (Å²) in [6.07, 6.45) is 0. The Hall–Kier alpha value is -3.54. The van der Waals surface area contributed by atoms with E-state index in [4.69, 9.17) is 9.47 Å². The first kappa shape index (κ1) is 16.9. The van der Waals surface area contributed by atoms with Gasteiger partial charge in [0, 0.05) is 28.7 Å². The molecule has 0 radical (unpaired) electrons. The van der Waals surface area contributed by atoms with Gasteiger partial charge in [-0.25, -0.2) is 4.39 Å². The minimum Gasteiger partial charge on any atom is -0.486 e. The molecule has 3 aromatic rings. The molecule has 136 valence electrons. The summed E-state index contributed by atoms with van der Waals surface area (Å²) in [7, 11) is 0. The van der Waals surface area contributed by atoms with Crippen molar-refractivity contribution in [2.24, 2.45) is 0 Å². The molecule has 0 fully saturated rings. The van der Waals surface area contributed by atoms with Crippen molar-refractivity contribution in [2.75, 3.05) is 23.8 Å². The Labute approximate surface area is 155 Å². The van der Waals surface area contributed by atoms with E-state index in [2.05, 4.69) is 10.6 Å². The van der Waals surface area contributed by atoms with E-state index in [9.17, 15) is 9.18 Å². The van der Waals surface area contributed by atoms with Crippen molar-refractivity contribution in [1.82, 2.24) is 0 Å². The van der Waals surface area contributed by atoms with Crippen LogP contribution in [-0.4, -0.2) is 19.1 Å². The fourth-order valence-corrected chi connectivity index (χ4v) is 2.76. The van der Waals surface area contributed by atoms with Crippen LogP contribution in [0.25, 0.3) is 0 Å². The third-order valence-corrected chi connectivity index (χ3v) is 4.06. The number of carbonyl (C=O) groups is 1. The molecule has 1 amide bonds. The van der Waals surface area contributed by atoms with Crippen LogP contribution in [-0.2, 0) is 0 Å². The van der Waals surface area contributed by atoms with Crippen LogP contribution in [0.2, 0.25) is 0 Å². The number of anilines is 3. The Balaban J connectivity index is 1.42. The van der Waals surface area contributed by atoms with Crippen molar-refractivity contribution in [1.29, 1.82) is 0 Å². The fraction of sp³-hybridized carbons (Fsp3) is 0.0952. The van der Waals surface area contributed by atoms with Gasteiger partial charge in [-0.2, -0.15) is 0 Å². The molecule has 0 aliphatic carbocycles. The monoisotopic (exact) mass is 364 g/mol. The minimum absolute atomic E-state index is 0.272. The van der Waals surface area contributed by atoms with Crippen LogP contribution in [0.1, 0.15) is 10.4 Å². The summed E-state index contributed by atoms with van der Waals surface area (Å²) in [5.41, 5.74) is 2.62. The van der Waals surface area contributed by atoms with Crippen LogP contribution >= 0.6 is 0 Å². The van der Waals surface area contributed by atoms with Gasteiger partial charge in [-0.05, 0) is 54.6 Å². The number of fused-ring (bicyclic) bond motifs is 1. The van der Waals surface area contributed by atoms with Gasteiger partial charge in [0.2, 0.25) is 0 Å². The maximum atomic E-state index is 13.2. The number of hydrogen-bond donors (Lipinski definition) is 2. The van der Waals surface area contributed by atoms with E-state index < -0.39 is 5.82 Å². The summed E-state index contributed by atoms with van der Waals surface area (Å²) in [5, 5.41) is 6.02. The molecular weight excluding hydrogens is 347 g/mol. The SMILES string of the molecule is O=C(Nc1ccc(Nc2ccc3c(c2)OCCO3)cc1)c1cccc(F)c1. The van der Waals surface area contributed by atoms with Gasteiger partial charge in [-0.3, -0.25) is 4.79 Å². The zero-order valence-corrected chi connectivity index (χ0v) is 14.4. The fourth-order valence-electron chi connectivity index (χ4n) is 2.76. The first-order valence-electron chi connectivity index (χ1n) is 8.51. The number of nitrogens with one attached hydrogen (secondary N) is 2. The van der Waals surface area contributed by atoms with Crippen molar-refractivity contribution in [3.8, 4) is 11.5 Å². The molecule has 1 aliphatic heterocycles. The third kappa shape index (κ3) is 4.00. The molecule has 0 saturated carbocycles. The summed E-state index contributed by atoms with van der Waals surface area (Å²) in [6.45, 7) is 1.10. The minimum atomic E-state index is -0.443. The highest BCUT2D eigenvalue weighted by Crippen LogP contribution is 2.33. The lowest BCUT2D eigenvalue weighted by atomic mass is 10.2. The molecule has 0 spiro atoms. The van der Waals surface area contributed by atoms with Crippen molar-refractivity contribution in [2.45, 2.75) is 0 Å². The zero-order chi connectivity index (χ0) is 18.6. The molecule has 27 heavy (non-hydrogen) atoms. The van der Waals surface area contributed by atoms with Crippen LogP contribution in [0.3, 0.4) is 0 Å². The van der Waals surface area contributed by atoms with Crippen molar-refractivity contribution >= 4 is 23.0 Å². The van der Waals surface area contributed by atoms with Crippen LogP contribution < -0.4 is 20.1 Å². The van der Waals surface area contributed by atoms with E-state index >= 15 is 0 Å². The number of halogens is 1. The number of benzene rings is 3. The predicted octanol–water partition coefficient (Wildman–Crippen LogP) is 4.59. The van der Waals surface area contributed by atoms with Gasteiger partial charge >= 0.3 is 0 Å². The lowest BCUT2D eigenvalue weighted by molar-refractivity contribution is 0.102. The second-order valence-corrected chi connectivity index (χ2v) is 6.03. The van der Waals surface area contributed by atoms with E-state index in [1.807, 2.05) is 30.3 Å². The second kappa shape index (κ2) is 7.37. The predicted molar refractivity (Wildman–Crippen MR) is 102 cm³/mol. The number of hydrogen-bond acceptors (Lipinski definition) is 4. The van der Waals surface area contributed by atoms with E-state index in [0.717, 1.165) is 17.1 Å². The molecule has 4 rings (SSSR count). The van der Waals surface area contributed by atoms with E-state index in [-0.39, 0.29) is 11.5 Å². The smallest absolute Gasteiger partial charge is 0.255 e. The molecule has 0 atom stereocenters. The van der Waals surface area contributed by atoms with Crippen molar-refractivity contribution < 1.29 is 18.7 Å². The summed E-state index contributed by atoms with van der Waals surface area (Å²) in [4.78, 5) is 12.2. The van der Waals surface area contributed by atoms with E-state index in [1.54, 1.807) is 18.2 Å². The molecule has 0 bridgehead atoms. The average Bonchev–Trinajstić information content (AvgIpc) is 2.69. The van der Waals surface area contributed by atoms with Gasteiger partial charge in [-0.1, -0.05) is 6.07 Å². The van der Waals surface area contributed by atoms with Crippen LogP contribution in [0.4, 0.5) is 21.5 Å². The molecule has 1 heterocycles. The number of ether oxygens (including phenoxy) is 2. The number of amides is 1. The van der Waals surface area contributed by atoms with Gasteiger partial charge in [0.05, 0.1) is 0 Å². The molecule has 1 aliphatic rings. The van der Waals surface area contributed by atoms with Gasteiger partial charge < -0.3 is 20.1 Å². The first-order chi connectivity index (χ1) is 13.2. The zero-order valence-electron chi connectivity index (χ0n) is 14.4. The van der Waals surface area contributed by atoms with Crippen molar-refractivity contribution in [3.05, 3.63) is 78.1 Å². The standard InChI is InChI=1S/C21H17FN2O3/c22-15-3-1-2-14(12-15)21(25)24-17-6-4-16(5-7-17)23-18-8-9-19-20(13-18)27-11-10-26-19/h1-9,12-13,23H,10-11H2,(H,24,25). The number of rotatable bonds is 4. The summed E-state index contributed by atoms with van der Waals surface area (Å²) in [6, 6.07) is 18.5. The Morgan fingerprint density at radius 1 is 0.815 bits per heavy atom. The molecule has 0 saturated heterocycles. The van der Waals surface area contributed by atoms with E-state index in [0.29, 0.717) is 24.7 Å². The topological polar surface area (TPSA) is 59.6 Å². The molecular formula is C21H17FN2O3. The van der Waals surface area contributed by atoms with E-state index in [1.165, 1.54) is 18.2 Å². The van der Waals surface area contributed by atoms with Gasteiger partial charge in [0.15, 0.2) is 11.5 Å². The lowest BCUT2D eigenvalue weighted by Gasteiger charge is -2.19. The maximum Gasteiger partial charge on any atom is 0.255 e. The van der Waals surface area contributed by atoms with Crippen LogP contribution in [0, 0.1) is 5.82 Å². The largest absolute Gasteiger partial charge is 0.486 e. The Morgan fingerprint density at radius 2 is 1.52 bits per heavy atom. The summed E-state index contributed by atoms with van der Waals surface area (Å²) < 4.78 is 24.3. The Morgan fingerprint density at radius 3 is 2.30 bits per heavy atom. The first-order valence-corrected chi connectivity index (χ1v) is 8.51.